The molecule has 0 atom stereocenters. The number of ketones is 1. The maximum Gasteiger partial charge on any atom is 0.317 e. The van der Waals surface area contributed by atoms with Gasteiger partial charge in [0, 0.05) is 16.7 Å². The van der Waals surface area contributed by atoms with Gasteiger partial charge in [0.25, 0.3) is 0 Å². The summed E-state index contributed by atoms with van der Waals surface area (Å²) in [4.78, 5) is 28.9. The molecule has 0 aliphatic heterocycles. The molecule has 0 unspecified atom stereocenters. The van der Waals surface area contributed by atoms with E-state index in [1.54, 1.807) is 12.1 Å². The normalized spacial score (nSPS) is 10.6. The summed E-state index contributed by atoms with van der Waals surface area (Å²) in [6.07, 6.45) is 1.38. The highest BCUT2D eigenvalue weighted by molar-refractivity contribution is 6.09. The Morgan fingerprint density at radius 2 is 1.50 bits per heavy atom. The Bertz CT molecular complexity index is 1170. The van der Waals surface area contributed by atoms with Crippen LogP contribution in [0.1, 0.15) is 21.6 Å². The molecule has 30 heavy (non-hydrogen) atoms. The molecular weight excluding hydrogens is 385 g/mol. The zero-order valence-electron chi connectivity index (χ0n) is 15.7. The van der Waals surface area contributed by atoms with E-state index in [1.807, 2.05) is 30.3 Å². The monoisotopic (exact) mass is 401 g/mol. The van der Waals surface area contributed by atoms with Gasteiger partial charge in [-0.15, -0.1) is 0 Å². The van der Waals surface area contributed by atoms with Crippen LogP contribution in [0.3, 0.4) is 0 Å². The quantitative estimate of drug-likeness (QED) is 0.262. The topological polar surface area (TPSA) is 69.4 Å². The number of hydrogen-bond donors (Lipinski definition) is 0. The number of aromatic nitrogens is 1. The number of carbonyl (C=O) groups is 2. The summed E-state index contributed by atoms with van der Waals surface area (Å²) in [6, 6.07) is 20.9. The van der Waals surface area contributed by atoms with Gasteiger partial charge in [0.2, 0.25) is 5.89 Å². The first-order valence-corrected chi connectivity index (χ1v) is 9.19. The van der Waals surface area contributed by atoms with Crippen LogP contribution in [0.4, 0.5) is 4.39 Å². The lowest BCUT2D eigenvalue weighted by Crippen LogP contribution is -2.11. The van der Waals surface area contributed by atoms with Gasteiger partial charge in [0.15, 0.2) is 5.78 Å². The Morgan fingerprint density at radius 1 is 0.867 bits per heavy atom. The summed E-state index contributed by atoms with van der Waals surface area (Å²) in [7, 11) is 0. The number of rotatable bonds is 6. The Morgan fingerprint density at radius 3 is 2.17 bits per heavy atom. The smallest absolute Gasteiger partial charge is 0.317 e. The number of esters is 1. The second kappa shape index (κ2) is 8.53. The molecule has 4 aromatic rings. The van der Waals surface area contributed by atoms with Crippen molar-refractivity contribution in [3.63, 3.8) is 0 Å². The molecule has 0 spiro atoms. The van der Waals surface area contributed by atoms with Crippen LogP contribution in [0.5, 0.6) is 5.75 Å². The third-order valence-corrected chi connectivity index (χ3v) is 4.35. The van der Waals surface area contributed by atoms with Crippen LogP contribution >= 0.6 is 0 Å². The van der Waals surface area contributed by atoms with E-state index < -0.39 is 11.8 Å². The van der Waals surface area contributed by atoms with Crippen LogP contribution in [-0.2, 0) is 11.2 Å². The number of carbonyl (C=O) groups excluding carboxylic acids is 2. The first-order valence-electron chi connectivity index (χ1n) is 9.19. The number of ether oxygens (including phenoxy) is 1. The van der Waals surface area contributed by atoms with E-state index in [1.165, 1.54) is 42.7 Å². The van der Waals surface area contributed by atoms with Gasteiger partial charge in [-0.2, -0.15) is 0 Å². The highest BCUT2D eigenvalue weighted by atomic mass is 19.1. The highest BCUT2D eigenvalue weighted by Crippen LogP contribution is 2.19. The van der Waals surface area contributed by atoms with Crippen LogP contribution in [0, 0.1) is 5.82 Å². The van der Waals surface area contributed by atoms with Crippen molar-refractivity contribution in [2.24, 2.45) is 0 Å². The van der Waals surface area contributed by atoms with Gasteiger partial charge in [-0.25, -0.2) is 9.37 Å². The summed E-state index contributed by atoms with van der Waals surface area (Å²) >= 11 is 0. The number of halogens is 1. The Kier molecular flexibility index (Phi) is 5.48. The van der Waals surface area contributed by atoms with E-state index in [2.05, 4.69) is 4.98 Å². The van der Waals surface area contributed by atoms with Gasteiger partial charge in [0.1, 0.15) is 17.8 Å². The molecular formula is C24H16FNO4. The lowest BCUT2D eigenvalue weighted by molar-refractivity contribution is -0.133. The highest BCUT2D eigenvalue weighted by Gasteiger charge is 2.13. The van der Waals surface area contributed by atoms with E-state index in [0.29, 0.717) is 28.5 Å². The Balaban J connectivity index is 1.37. The fraction of sp³-hybridized carbons (Fsp3) is 0.0417. The molecule has 0 amide bonds. The van der Waals surface area contributed by atoms with Gasteiger partial charge in [0.05, 0.1) is 12.1 Å². The Labute approximate surface area is 171 Å². The summed E-state index contributed by atoms with van der Waals surface area (Å²) in [5, 5.41) is 0. The average Bonchev–Trinajstić information content (AvgIpc) is 3.23. The fourth-order valence-electron chi connectivity index (χ4n) is 2.86. The second-order valence-corrected chi connectivity index (χ2v) is 6.52. The van der Waals surface area contributed by atoms with Crippen molar-refractivity contribution >= 4 is 11.8 Å². The van der Waals surface area contributed by atoms with Crippen LogP contribution in [0.15, 0.2) is 89.5 Å². The number of oxazole rings is 1. The number of nitrogens with zero attached hydrogens (tertiary/aromatic N) is 1. The zero-order valence-corrected chi connectivity index (χ0v) is 15.7. The molecule has 1 aromatic heterocycles. The molecule has 3 aromatic carbocycles. The van der Waals surface area contributed by atoms with Crippen molar-refractivity contribution < 1.29 is 23.1 Å². The lowest BCUT2D eigenvalue weighted by Gasteiger charge is -2.05. The fourth-order valence-corrected chi connectivity index (χ4v) is 2.86. The molecule has 5 nitrogen and oxygen atoms in total. The summed E-state index contributed by atoms with van der Waals surface area (Å²) in [5.41, 5.74) is 2.06. The predicted octanol–water partition coefficient (Wildman–Crippen LogP) is 4.86. The molecule has 0 saturated heterocycles. The minimum absolute atomic E-state index is 0.0490. The summed E-state index contributed by atoms with van der Waals surface area (Å²) in [5.74, 6) is -0.411. The van der Waals surface area contributed by atoms with Gasteiger partial charge in [-0.3, -0.25) is 9.59 Å². The largest absolute Gasteiger partial charge is 0.444 e. The minimum Gasteiger partial charge on any atom is -0.444 e. The van der Waals surface area contributed by atoms with Crippen molar-refractivity contribution in [2.75, 3.05) is 0 Å². The molecule has 1 heterocycles. The molecule has 6 heteroatoms. The first-order chi connectivity index (χ1) is 14.6. The molecule has 148 valence electrons. The van der Waals surface area contributed by atoms with E-state index in [-0.39, 0.29) is 12.2 Å². The number of benzene rings is 3. The van der Waals surface area contributed by atoms with E-state index in [4.69, 9.17) is 9.15 Å². The second-order valence-electron chi connectivity index (χ2n) is 6.52. The number of hydrogen-bond acceptors (Lipinski definition) is 5. The maximum atomic E-state index is 13.0. The maximum absolute atomic E-state index is 13.0. The molecule has 4 rings (SSSR count). The lowest BCUT2D eigenvalue weighted by atomic mass is 10.0. The molecule has 0 N–H and O–H groups in total. The first kappa shape index (κ1) is 19.3. The van der Waals surface area contributed by atoms with Crippen LogP contribution in [0.2, 0.25) is 0 Å². The van der Waals surface area contributed by atoms with Crippen LogP contribution in [0.25, 0.3) is 11.5 Å². The molecule has 0 aliphatic carbocycles. The molecule has 0 bridgehead atoms. The molecule has 0 fully saturated rings. The van der Waals surface area contributed by atoms with Gasteiger partial charge in [-0.1, -0.05) is 18.2 Å². The predicted molar refractivity (Wildman–Crippen MR) is 108 cm³/mol. The molecule has 0 aliphatic rings. The Hall–Kier alpha value is -4.06. The average molecular weight is 401 g/mol. The van der Waals surface area contributed by atoms with Gasteiger partial charge in [-0.05, 0) is 60.7 Å². The molecule has 0 radical (unpaired) electrons. The summed E-state index contributed by atoms with van der Waals surface area (Å²) < 4.78 is 23.7. The van der Waals surface area contributed by atoms with Crippen molar-refractivity contribution in [2.45, 2.75) is 6.42 Å². The third-order valence-electron chi connectivity index (χ3n) is 4.35. The standard InChI is InChI=1S/C24H16FNO4/c25-19-10-6-16(7-11-19)23(28)17-8-12-21(13-9-17)30-22(27)14-20-15-29-24(26-20)18-4-2-1-3-5-18/h1-13,15H,14H2. The van der Waals surface area contributed by atoms with Gasteiger partial charge < -0.3 is 9.15 Å². The van der Waals surface area contributed by atoms with Crippen molar-refractivity contribution in [3.05, 3.63) is 108 Å². The van der Waals surface area contributed by atoms with E-state index >= 15 is 0 Å². The molecule has 0 saturated carbocycles. The van der Waals surface area contributed by atoms with E-state index in [9.17, 15) is 14.0 Å². The minimum atomic E-state index is -0.500. The van der Waals surface area contributed by atoms with Crippen molar-refractivity contribution in [1.29, 1.82) is 0 Å². The van der Waals surface area contributed by atoms with Gasteiger partial charge >= 0.3 is 5.97 Å². The third kappa shape index (κ3) is 4.50. The summed E-state index contributed by atoms with van der Waals surface area (Å²) in [6.45, 7) is 0. The van der Waals surface area contributed by atoms with E-state index in [0.717, 1.165) is 5.56 Å². The zero-order chi connectivity index (χ0) is 20.9. The van der Waals surface area contributed by atoms with Crippen LogP contribution < -0.4 is 4.74 Å². The van der Waals surface area contributed by atoms with Crippen molar-refractivity contribution in [1.82, 2.24) is 4.98 Å². The van der Waals surface area contributed by atoms with Crippen molar-refractivity contribution in [3.8, 4) is 17.2 Å². The SMILES string of the molecule is O=C(Cc1coc(-c2ccccc2)n1)Oc1ccc(C(=O)c2ccc(F)cc2)cc1. The van der Waals surface area contributed by atoms with Crippen LogP contribution in [-0.4, -0.2) is 16.7 Å².